The van der Waals surface area contributed by atoms with Gasteiger partial charge in [0.1, 0.15) is 0 Å². The Bertz CT molecular complexity index is 676. The molecule has 0 aliphatic heterocycles. The average molecular weight is 335 g/mol. The predicted octanol–water partition coefficient (Wildman–Crippen LogP) is 2.38. The van der Waals surface area contributed by atoms with Crippen LogP contribution in [-0.4, -0.2) is 28.3 Å². The van der Waals surface area contributed by atoms with Gasteiger partial charge < -0.3 is 11.1 Å². The normalized spacial score (nSPS) is 14.9. The Labute approximate surface area is 142 Å². The van der Waals surface area contributed by atoms with Crippen LogP contribution in [-0.2, 0) is 0 Å². The number of aryl methyl sites for hydroxylation is 2. The van der Waals surface area contributed by atoms with Gasteiger partial charge in [-0.2, -0.15) is 5.10 Å². The van der Waals surface area contributed by atoms with Crippen molar-refractivity contribution in [3.63, 3.8) is 0 Å². The van der Waals surface area contributed by atoms with E-state index in [2.05, 4.69) is 10.4 Å². The van der Waals surface area contributed by atoms with Crippen molar-refractivity contribution < 1.29 is 4.79 Å². The Kier molecular flexibility index (Phi) is 5.44. The molecule has 1 heterocycles. The van der Waals surface area contributed by atoms with Crippen molar-refractivity contribution >= 4 is 18.3 Å². The Hall–Kier alpha value is -1.85. The topological polar surface area (TPSA) is 72.9 Å². The lowest BCUT2D eigenvalue weighted by Crippen LogP contribution is -2.38. The van der Waals surface area contributed by atoms with Crippen molar-refractivity contribution in [2.75, 3.05) is 6.54 Å². The lowest BCUT2D eigenvalue weighted by Gasteiger charge is -2.12. The van der Waals surface area contributed by atoms with Crippen molar-refractivity contribution in [1.29, 1.82) is 0 Å². The van der Waals surface area contributed by atoms with Crippen molar-refractivity contribution in [1.82, 2.24) is 15.1 Å². The number of halogens is 1. The van der Waals surface area contributed by atoms with E-state index >= 15 is 0 Å². The minimum atomic E-state index is -0.0731. The van der Waals surface area contributed by atoms with Crippen LogP contribution in [0.25, 0.3) is 5.69 Å². The van der Waals surface area contributed by atoms with Crippen LogP contribution in [0.1, 0.15) is 34.6 Å². The van der Waals surface area contributed by atoms with Crippen LogP contribution in [0.3, 0.4) is 0 Å². The Morgan fingerprint density at radius 1 is 1.35 bits per heavy atom. The maximum atomic E-state index is 12.1. The first-order valence-corrected chi connectivity index (χ1v) is 7.72. The van der Waals surface area contributed by atoms with Gasteiger partial charge in [-0.05, 0) is 62.9 Å². The van der Waals surface area contributed by atoms with E-state index in [0.717, 1.165) is 17.1 Å². The number of carbonyl (C=O) groups is 1. The zero-order valence-corrected chi connectivity index (χ0v) is 14.3. The zero-order chi connectivity index (χ0) is 15.7. The number of carbonyl (C=O) groups excluding carboxylic acids is 1. The second-order valence-electron chi connectivity index (χ2n) is 6.10. The van der Waals surface area contributed by atoms with Crippen LogP contribution in [0.2, 0.25) is 0 Å². The molecule has 2 aromatic rings. The SMILES string of the molecule is Cc1cc(C)n(-c2ccc(C(=O)NCC(N)C3CC3)cc2)n1.Cl. The molecule has 1 saturated carbocycles. The van der Waals surface area contributed by atoms with Crippen molar-refractivity contribution in [2.45, 2.75) is 32.7 Å². The molecular weight excluding hydrogens is 312 g/mol. The summed E-state index contributed by atoms with van der Waals surface area (Å²) < 4.78 is 1.88. The van der Waals surface area contributed by atoms with Gasteiger partial charge in [0.05, 0.1) is 11.4 Å². The molecule has 23 heavy (non-hydrogen) atoms. The molecule has 0 radical (unpaired) electrons. The highest BCUT2D eigenvalue weighted by molar-refractivity contribution is 5.94. The molecule has 6 heteroatoms. The highest BCUT2D eigenvalue weighted by atomic mass is 35.5. The predicted molar refractivity (Wildman–Crippen MR) is 93.3 cm³/mol. The summed E-state index contributed by atoms with van der Waals surface area (Å²) in [7, 11) is 0. The van der Waals surface area contributed by atoms with E-state index in [0.29, 0.717) is 18.0 Å². The number of nitrogens with two attached hydrogens (primary N) is 1. The number of amides is 1. The number of benzene rings is 1. The highest BCUT2D eigenvalue weighted by Gasteiger charge is 2.28. The van der Waals surface area contributed by atoms with Crippen LogP contribution in [0.5, 0.6) is 0 Å². The van der Waals surface area contributed by atoms with Gasteiger partial charge in [-0.25, -0.2) is 4.68 Å². The fraction of sp³-hybridized carbons (Fsp3) is 0.412. The highest BCUT2D eigenvalue weighted by Crippen LogP contribution is 2.31. The summed E-state index contributed by atoms with van der Waals surface area (Å²) in [5.74, 6) is 0.518. The van der Waals surface area contributed by atoms with E-state index in [4.69, 9.17) is 5.73 Å². The number of nitrogens with one attached hydrogen (secondary N) is 1. The van der Waals surface area contributed by atoms with E-state index in [1.165, 1.54) is 12.8 Å². The first-order chi connectivity index (χ1) is 10.5. The number of aromatic nitrogens is 2. The van der Waals surface area contributed by atoms with E-state index in [1.807, 2.05) is 48.9 Å². The lowest BCUT2D eigenvalue weighted by molar-refractivity contribution is 0.0950. The first-order valence-electron chi connectivity index (χ1n) is 7.72. The molecule has 1 amide bonds. The third-order valence-corrected chi connectivity index (χ3v) is 4.11. The molecule has 5 nitrogen and oxygen atoms in total. The molecule has 3 N–H and O–H groups in total. The lowest BCUT2D eigenvalue weighted by atomic mass is 10.1. The number of rotatable bonds is 5. The van der Waals surface area contributed by atoms with Crippen LogP contribution in [0.4, 0.5) is 0 Å². The third-order valence-electron chi connectivity index (χ3n) is 4.11. The first kappa shape index (κ1) is 17.5. The summed E-state index contributed by atoms with van der Waals surface area (Å²) in [6.45, 7) is 4.52. The molecule has 1 atom stereocenters. The van der Waals surface area contributed by atoms with E-state index in [1.54, 1.807) is 0 Å². The Morgan fingerprint density at radius 2 is 2.00 bits per heavy atom. The largest absolute Gasteiger partial charge is 0.350 e. The summed E-state index contributed by atoms with van der Waals surface area (Å²) in [4.78, 5) is 12.1. The zero-order valence-electron chi connectivity index (χ0n) is 13.5. The van der Waals surface area contributed by atoms with Crippen LogP contribution < -0.4 is 11.1 Å². The Morgan fingerprint density at radius 3 is 2.52 bits per heavy atom. The molecule has 1 unspecified atom stereocenters. The second kappa shape index (κ2) is 7.15. The minimum Gasteiger partial charge on any atom is -0.350 e. The van der Waals surface area contributed by atoms with Gasteiger partial charge in [0.2, 0.25) is 0 Å². The van der Waals surface area contributed by atoms with Crippen molar-refractivity contribution in [3.8, 4) is 5.69 Å². The fourth-order valence-electron chi connectivity index (χ4n) is 2.65. The third kappa shape index (κ3) is 4.12. The molecule has 1 aliphatic carbocycles. The average Bonchev–Trinajstić information content (AvgIpc) is 3.30. The smallest absolute Gasteiger partial charge is 0.251 e. The van der Waals surface area contributed by atoms with Gasteiger partial charge >= 0.3 is 0 Å². The van der Waals surface area contributed by atoms with E-state index < -0.39 is 0 Å². The summed E-state index contributed by atoms with van der Waals surface area (Å²) in [6, 6.07) is 9.58. The minimum absolute atomic E-state index is 0. The molecule has 3 rings (SSSR count). The summed E-state index contributed by atoms with van der Waals surface area (Å²) in [5, 5.41) is 7.35. The van der Waals surface area contributed by atoms with Gasteiger partial charge in [-0.15, -0.1) is 12.4 Å². The molecule has 0 saturated heterocycles. The second-order valence-corrected chi connectivity index (χ2v) is 6.10. The number of hydrogen-bond donors (Lipinski definition) is 2. The quantitative estimate of drug-likeness (QED) is 0.881. The summed E-state index contributed by atoms with van der Waals surface area (Å²) in [6.07, 6.45) is 2.38. The molecule has 1 aromatic carbocycles. The molecule has 124 valence electrons. The van der Waals surface area contributed by atoms with Gasteiger partial charge in [0, 0.05) is 23.8 Å². The van der Waals surface area contributed by atoms with Gasteiger partial charge in [0.25, 0.3) is 5.91 Å². The van der Waals surface area contributed by atoms with Crippen molar-refractivity contribution in [3.05, 3.63) is 47.3 Å². The molecule has 1 aromatic heterocycles. The maximum absolute atomic E-state index is 12.1. The molecule has 1 aliphatic rings. The number of hydrogen-bond acceptors (Lipinski definition) is 3. The van der Waals surface area contributed by atoms with Crippen molar-refractivity contribution in [2.24, 2.45) is 11.7 Å². The summed E-state index contributed by atoms with van der Waals surface area (Å²) >= 11 is 0. The monoisotopic (exact) mass is 334 g/mol. The standard InChI is InChI=1S/C17H22N4O.ClH/c1-11-9-12(2)21(20-11)15-7-5-14(6-8-15)17(22)19-10-16(18)13-3-4-13;/h5-9,13,16H,3-4,10,18H2,1-2H3,(H,19,22);1H. The number of nitrogens with zero attached hydrogens (tertiary/aromatic N) is 2. The van der Waals surface area contributed by atoms with E-state index in [9.17, 15) is 4.79 Å². The summed E-state index contributed by atoms with van der Waals surface area (Å²) in [5.41, 5.74) is 9.65. The molecule has 0 bridgehead atoms. The van der Waals surface area contributed by atoms with Crippen LogP contribution in [0, 0.1) is 19.8 Å². The Balaban J connectivity index is 0.00000192. The van der Waals surface area contributed by atoms with Gasteiger partial charge in [-0.1, -0.05) is 0 Å². The van der Waals surface area contributed by atoms with Crippen LogP contribution in [0.15, 0.2) is 30.3 Å². The molecular formula is C17H23ClN4O. The van der Waals surface area contributed by atoms with Gasteiger partial charge in [0.15, 0.2) is 0 Å². The van der Waals surface area contributed by atoms with Crippen LogP contribution >= 0.6 is 12.4 Å². The molecule has 0 spiro atoms. The van der Waals surface area contributed by atoms with Gasteiger partial charge in [-0.3, -0.25) is 4.79 Å². The fourth-order valence-corrected chi connectivity index (χ4v) is 2.65. The maximum Gasteiger partial charge on any atom is 0.251 e. The molecule has 1 fully saturated rings. The van der Waals surface area contributed by atoms with E-state index in [-0.39, 0.29) is 24.4 Å².